The lowest BCUT2D eigenvalue weighted by molar-refractivity contribution is -0.0875. The number of nitrogens with zero attached hydrogens (tertiary/aromatic N) is 1. The van der Waals surface area contributed by atoms with E-state index in [0.717, 1.165) is 24.1 Å². The Morgan fingerprint density at radius 1 is 1.06 bits per heavy atom. The number of allylic oxidation sites excluding steroid dienone is 6. The number of alkyl halides is 3. The molecule has 0 aliphatic carbocycles. The van der Waals surface area contributed by atoms with Crippen molar-refractivity contribution in [1.82, 2.24) is 4.98 Å². The maximum Gasteiger partial charge on any atom is 0.416 e. The number of hydrogen-bond donors (Lipinski definition) is 0. The highest BCUT2D eigenvalue weighted by molar-refractivity contribution is 5.78. The molecule has 1 rings (SSSR count). The third-order valence-electron chi connectivity index (χ3n) is 5.16. The van der Waals surface area contributed by atoms with Gasteiger partial charge in [0.1, 0.15) is 0 Å². The van der Waals surface area contributed by atoms with Gasteiger partial charge in [0, 0.05) is 17.5 Å². The van der Waals surface area contributed by atoms with Crippen molar-refractivity contribution in [2.45, 2.75) is 107 Å². The third-order valence-corrected chi connectivity index (χ3v) is 5.16. The van der Waals surface area contributed by atoms with Crippen LogP contribution in [0.25, 0.3) is 5.57 Å². The number of aromatic nitrogens is 1. The smallest absolute Gasteiger partial charge is 0.261 e. The monoisotopic (exact) mass is 493 g/mol. The summed E-state index contributed by atoms with van der Waals surface area (Å²) in [5.41, 5.74) is 2.17. The molecule has 0 aliphatic rings. The minimum atomic E-state index is -4.42. The van der Waals surface area contributed by atoms with E-state index in [0.29, 0.717) is 11.0 Å². The highest BCUT2D eigenvalue weighted by Crippen LogP contribution is 2.34. The summed E-state index contributed by atoms with van der Waals surface area (Å²) in [6.45, 7) is 26.2. The molecule has 0 aromatic carbocycles. The zero-order chi connectivity index (χ0) is 27.7. The predicted octanol–water partition coefficient (Wildman–Crippen LogP) is 11.1. The maximum atomic E-state index is 12.9. The van der Waals surface area contributed by atoms with Crippen LogP contribution in [0, 0.1) is 18.3 Å². The van der Waals surface area contributed by atoms with E-state index in [1.165, 1.54) is 56.0 Å². The van der Waals surface area contributed by atoms with Crippen molar-refractivity contribution in [2.75, 3.05) is 0 Å². The van der Waals surface area contributed by atoms with E-state index in [2.05, 4.69) is 66.6 Å². The fraction of sp³-hybridized carbons (Fsp3) is 0.581. The lowest BCUT2D eigenvalue weighted by Crippen LogP contribution is -2.12. The van der Waals surface area contributed by atoms with E-state index in [1.807, 2.05) is 0 Å². The van der Waals surface area contributed by atoms with Crippen LogP contribution in [0.2, 0.25) is 0 Å². The molecule has 35 heavy (non-hydrogen) atoms. The lowest BCUT2D eigenvalue weighted by atomic mass is 9.89. The molecule has 1 nitrogen and oxygen atoms in total. The SMILES string of the molecule is C=C(C)CC(C)(C)C.C=C/C(=C(\C=C/C)C(F)(F)F)c1ccc(C)nc1.CCCC(CC)CCC. The standard InChI is InChI=1S/C14H14F3N.C9H20.C8H16/c1-4-6-13(14(15,16)17)12(5-2)11-8-7-10(3)18-9-11;1-4-7-9(6-3)8-5-2;1-7(2)6-8(3,4)5/h4-9H,2H2,1,3H3;9H,4-8H2,1-3H3;1,6H2,2-5H3/b6-4-,13-12-;;. The van der Waals surface area contributed by atoms with E-state index < -0.39 is 11.7 Å². The molecule has 0 N–H and O–H groups in total. The Balaban J connectivity index is 0. The van der Waals surface area contributed by atoms with Gasteiger partial charge in [0.25, 0.3) is 0 Å². The van der Waals surface area contributed by atoms with Crippen LogP contribution >= 0.6 is 0 Å². The highest BCUT2D eigenvalue weighted by atomic mass is 19.4. The molecule has 0 spiro atoms. The lowest BCUT2D eigenvalue weighted by Gasteiger charge is -2.17. The van der Waals surface area contributed by atoms with Gasteiger partial charge >= 0.3 is 6.18 Å². The molecule has 1 aromatic heterocycles. The van der Waals surface area contributed by atoms with E-state index in [-0.39, 0.29) is 5.57 Å². The Bertz CT molecular complexity index is 769. The first-order valence-corrected chi connectivity index (χ1v) is 12.8. The van der Waals surface area contributed by atoms with Crippen LogP contribution in [0.1, 0.15) is 105 Å². The van der Waals surface area contributed by atoms with E-state index in [9.17, 15) is 13.2 Å². The summed E-state index contributed by atoms with van der Waals surface area (Å²) in [7, 11) is 0. The van der Waals surface area contributed by atoms with E-state index >= 15 is 0 Å². The van der Waals surface area contributed by atoms with Crippen molar-refractivity contribution in [2.24, 2.45) is 11.3 Å². The largest absolute Gasteiger partial charge is 0.416 e. The average Bonchev–Trinajstić information content (AvgIpc) is 2.73. The quantitative estimate of drug-likeness (QED) is 0.246. The second-order valence-electron chi connectivity index (χ2n) is 10.3. The molecule has 0 saturated heterocycles. The Morgan fingerprint density at radius 3 is 1.86 bits per heavy atom. The Labute approximate surface area is 214 Å². The molecule has 1 aromatic rings. The van der Waals surface area contributed by atoms with Crippen LogP contribution in [0.3, 0.4) is 0 Å². The first-order chi connectivity index (χ1) is 16.2. The summed E-state index contributed by atoms with van der Waals surface area (Å²) in [4.78, 5) is 4.00. The normalized spacial score (nSPS) is 12.4. The first kappa shape index (κ1) is 35.1. The van der Waals surface area contributed by atoms with Crippen LogP contribution in [0.4, 0.5) is 13.2 Å². The second kappa shape index (κ2) is 18.2. The van der Waals surface area contributed by atoms with Crippen LogP contribution in [0.5, 0.6) is 0 Å². The minimum Gasteiger partial charge on any atom is -0.261 e. The zero-order valence-corrected chi connectivity index (χ0v) is 23.8. The molecule has 0 amide bonds. The van der Waals surface area contributed by atoms with Crippen molar-refractivity contribution < 1.29 is 13.2 Å². The molecule has 0 saturated carbocycles. The molecule has 200 valence electrons. The van der Waals surface area contributed by atoms with Gasteiger partial charge in [-0.3, -0.25) is 4.98 Å². The van der Waals surface area contributed by atoms with Crippen LogP contribution in [0.15, 0.2) is 60.9 Å². The van der Waals surface area contributed by atoms with E-state index in [1.54, 1.807) is 26.0 Å². The molecule has 0 aliphatic heterocycles. The minimum absolute atomic E-state index is 0.0353. The van der Waals surface area contributed by atoms with Crippen LogP contribution in [-0.4, -0.2) is 11.2 Å². The average molecular weight is 494 g/mol. The highest BCUT2D eigenvalue weighted by Gasteiger charge is 2.34. The Kier molecular flexibility index (Phi) is 18.2. The van der Waals surface area contributed by atoms with Crippen molar-refractivity contribution in [3.8, 4) is 0 Å². The fourth-order valence-electron chi connectivity index (χ4n) is 3.79. The number of hydrogen-bond acceptors (Lipinski definition) is 1. The van der Waals surface area contributed by atoms with Gasteiger partial charge in [-0.05, 0) is 50.2 Å². The van der Waals surface area contributed by atoms with Crippen LogP contribution < -0.4 is 0 Å². The number of pyridine rings is 1. The number of halogens is 3. The maximum absolute atomic E-state index is 12.9. The molecule has 1 heterocycles. The molecule has 0 unspecified atom stereocenters. The predicted molar refractivity (Wildman–Crippen MR) is 149 cm³/mol. The van der Waals surface area contributed by atoms with Gasteiger partial charge in [-0.1, -0.05) is 110 Å². The third kappa shape index (κ3) is 17.9. The van der Waals surface area contributed by atoms with Gasteiger partial charge in [-0.15, -0.1) is 6.58 Å². The Morgan fingerprint density at radius 2 is 1.60 bits per heavy atom. The zero-order valence-electron chi connectivity index (χ0n) is 23.8. The summed E-state index contributed by atoms with van der Waals surface area (Å²) in [5.74, 6) is 1.01. The molecule has 0 atom stereocenters. The second-order valence-corrected chi connectivity index (χ2v) is 10.3. The summed E-state index contributed by atoms with van der Waals surface area (Å²) >= 11 is 0. The van der Waals surface area contributed by atoms with Gasteiger partial charge in [0.05, 0.1) is 5.57 Å². The molecule has 4 heteroatoms. The molecular weight excluding hydrogens is 443 g/mol. The molecular formula is C31H50F3N. The van der Waals surface area contributed by atoms with Gasteiger partial charge in [-0.25, -0.2) is 0 Å². The van der Waals surface area contributed by atoms with Crippen molar-refractivity contribution >= 4 is 5.57 Å². The molecule has 0 radical (unpaired) electrons. The number of rotatable bonds is 9. The van der Waals surface area contributed by atoms with Gasteiger partial charge in [0.15, 0.2) is 0 Å². The van der Waals surface area contributed by atoms with Gasteiger partial charge in [0.2, 0.25) is 0 Å². The van der Waals surface area contributed by atoms with Crippen molar-refractivity contribution in [3.05, 3.63) is 72.1 Å². The summed E-state index contributed by atoms with van der Waals surface area (Å²) in [5, 5.41) is 0. The van der Waals surface area contributed by atoms with Crippen molar-refractivity contribution in [3.63, 3.8) is 0 Å². The molecule has 0 bridgehead atoms. The topological polar surface area (TPSA) is 12.9 Å². The summed E-state index contributed by atoms with van der Waals surface area (Å²) in [6, 6.07) is 3.27. The van der Waals surface area contributed by atoms with Crippen molar-refractivity contribution in [1.29, 1.82) is 0 Å². The van der Waals surface area contributed by atoms with Crippen LogP contribution in [-0.2, 0) is 0 Å². The van der Waals surface area contributed by atoms with Gasteiger partial charge < -0.3 is 0 Å². The fourth-order valence-corrected chi connectivity index (χ4v) is 3.79. The number of aryl methyl sites for hydroxylation is 1. The first-order valence-electron chi connectivity index (χ1n) is 12.8. The van der Waals surface area contributed by atoms with Gasteiger partial charge in [-0.2, -0.15) is 13.2 Å². The summed E-state index contributed by atoms with van der Waals surface area (Å²) < 4.78 is 38.8. The molecule has 0 fully saturated rings. The summed E-state index contributed by atoms with van der Waals surface area (Å²) in [6.07, 6.45) is 8.70. The Hall–Kier alpha value is -2.10. The van der Waals surface area contributed by atoms with E-state index in [4.69, 9.17) is 0 Å².